The molecule has 0 atom stereocenters. The number of anilines is 1. The summed E-state index contributed by atoms with van der Waals surface area (Å²) >= 11 is 0. The van der Waals surface area contributed by atoms with Crippen LogP contribution in [0.1, 0.15) is 35.1 Å². The van der Waals surface area contributed by atoms with Gasteiger partial charge in [-0.15, -0.1) is 3.89 Å². The Kier molecular flexibility index (Phi) is 6.57. The van der Waals surface area contributed by atoms with E-state index in [1.165, 1.54) is 6.07 Å². The van der Waals surface area contributed by atoms with Gasteiger partial charge in [-0.2, -0.15) is 8.42 Å². The molecule has 0 radical (unpaired) electrons. The van der Waals surface area contributed by atoms with Crippen LogP contribution in [-0.4, -0.2) is 54.0 Å². The first-order chi connectivity index (χ1) is 17.9. The van der Waals surface area contributed by atoms with Gasteiger partial charge in [0, 0.05) is 59.2 Å². The highest BCUT2D eigenvalue weighted by atomic mass is 32.3. The van der Waals surface area contributed by atoms with Crippen LogP contribution in [0.5, 0.6) is 11.5 Å². The number of halogens is 1. The molecule has 39 heavy (non-hydrogen) atoms. The molecule has 0 saturated carbocycles. The SMILES string of the molecule is CN1CCCc2c1ccc1c2Oc2c3c(ccc2=C1c1ccc(S(=O)(=O)[O-])cc1S(=O)(=O)F)=[N+](C)CCC3.O. The third-order valence-electron chi connectivity index (χ3n) is 7.65. The molecule has 0 saturated heterocycles. The van der Waals surface area contributed by atoms with Crippen molar-refractivity contribution in [3.63, 3.8) is 0 Å². The van der Waals surface area contributed by atoms with Gasteiger partial charge in [0.15, 0.2) is 0 Å². The zero-order valence-electron chi connectivity index (χ0n) is 21.3. The average molecular weight is 575 g/mol. The van der Waals surface area contributed by atoms with E-state index in [1.54, 1.807) is 0 Å². The van der Waals surface area contributed by atoms with Crippen LogP contribution < -0.4 is 24.8 Å². The minimum Gasteiger partial charge on any atom is -0.744 e. The van der Waals surface area contributed by atoms with Gasteiger partial charge in [0.1, 0.15) is 40.1 Å². The van der Waals surface area contributed by atoms with E-state index < -0.39 is 30.1 Å². The Morgan fingerprint density at radius 1 is 0.949 bits per heavy atom. The molecule has 206 valence electrons. The van der Waals surface area contributed by atoms with Gasteiger partial charge in [-0.3, -0.25) is 0 Å². The number of rotatable bonds is 3. The summed E-state index contributed by atoms with van der Waals surface area (Å²) in [7, 11) is -6.42. The molecule has 3 aliphatic rings. The molecule has 0 unspecified atom stereocenters. The third kappa shape index (κ3) is 4.41. The summed E-state index contributed by atoms with van der Waals surface area (Å²) in [4.78, 5) is 0.453. The fourth-order valence-corrected chi connectivity index (χ4v) is 7.16. The predicted octanol–water partition coefficient (Wildman–Crippen LogP) is 1.23. The number of ether oxygens (including phenoxy) is 1. The van der Waals surface area contributed by atoms with Crippen molar-refractivity contribution in [2.75, 3.05) is 32.1 Å². The van der Waals surface area contributed by atoms with Crippen LogP contribution >= 0.6 is 0 Å². The molecule has 12 heteroatoms. The zero-order chi connectivity index (χ0) is 27.0. The van der Waals surface area contributed by atoms with Crippen molar-refractivity contribution >= 4 is 31.6 Å². The van der Waals surface area contributed by atoms with Crippen LogP contribution in [0.4, 0.5) is 9.57 Å². The molecule has 3 aromatic carbocycles. The number of nitrogens with zero attached hydrogens (tertiary/aromatic N) is 2. The summed E-state index contributed by atoms with van der Waals surface area (Å²) in [6.07, 6.45) is 3.31. The summed E-state index contributed by atoms with van der Waals surface area (Å²) < 4.78 is 83.2. The summed E-state index contributed by atoms with van der Waals surface area (Å²) in [5.41, 5.74) is 3.93. The first-order valence-corrected chi connectivity index (χ1v) is 15.1. The van der Waals surface area contributed by atoms with E-state index in [2.05, 4.69) is 9.48 Å². The summed E-state index contributed by atoms with van der Waals surface area (Å²) in [6.45, 7) is 1.77. The van der Waals surface area contributed by atoms with Crippen LogP contribution in [0, 0.1) is 0 Å². The van der Waals surface area contributed by atoms with Crippen molar-refractivity contribution in [2.45, 2.75) is 35.5 Å². The van der Waals surface area contributed by atoms with Crippen molar-refractivity contribution in [3.8, 4) is 11.5 Å². The Balaban J connectivity index is 0.00000308. The van der Waals surface area contributed by atoms with Crippen LogP contribution in [-0.2, 0) is 33.2 Å². The first-order valence-electron chi connectivity index (χ1n) is 12.3. The van der Waals surface area contributed by atoms with Gasteiger partial charge in [0.05, 0.1) is 10.5 Å². The molecule has 0 spiro atoms. The molecule has 3 aromatic rings. The second-order valence-electron chi connectivity index (χ2n) is 9.96. The highest BCUT2D eigenvalue weighted by Crippen LogP contribution is 2.45. The second-order valence-corrected chi connectivity index (χ2v) is 12.7. The van der Waals surface area contributed by atoms with E-state index >= 15 is 0 Å². The molecule has 0 bridgehead atoms. The normalized spacial score (nSPS) is 16.4. The second kappa shape index (κ2) is 9.40. The van der Waals surface area contributed by atoms with Crippen LogP contribution in [0.3, 0.4) is 0 Å². The molecule has 0 amide bonds. The lowest BCUT2D eigenvalue weighted by Crippen LogP contribution is -2.37. The highest BCUT2D eigenvalue weighted by Gasteiger charge is 2.33. The third-order valence-corrected chi connectivity index (χ3v) is 9.35. The molecule has 3 heterocycles. The minimum atomic E-state index is -5.40. The fourth-order valence-electron chi connectivity index (χ4n) is 5.89. The molecular weight excluding hydrogens is 547 g/mol. The summed E-state index contributed by atoms with van der Waals surface area (Å²) in [6, 6.07) is 10.4. The summed E-state index contributed by atoms with van der Waals surface area (Å²) in [5.74, 6) is 1.17. The number of hydrogen-bond acceptors (Lipinski definition) is 7. The van der Waals surface area contributed by atoms with Crippen molar-refractivity contribution < 1.29 is 35.5 Å². The topological polar surface area (TPSA) is 138 Å². The first kappa shape index (κ1) is 27.3. The van der Waals surface area contributed by atoms with E-state index in [4.69, 9.17) is 4.74 Å². The lowest BCUT2D eigenvalue weighted by atomic mass is 9.87. The van der Waals surface area contributed by atoms with Crippen molar-refractivity contribution in [1.29, 1.82) is 0 Å². The molecule has 0 fully saturated rings. The quantitative estimate of drug-likeness (QED) is 0.204. The van der Waals surface area contributed by atoms with Crippen LogP contribution in [0.25, 0.3) is 5.57 Å². The maximum absolute atomic E-state index is 14.7. The van der Waals surface area contributed by atoms with Crippen molar-refractivity contribution in [2.24, 2.45) is 0 Å². The number of fused-ring (bicyclic) bond motifs is 6. The Morgan fingerprint density at radius 3 is 2.38 bits per heavy atom. The van der Waals surface area contributed by atoms with Crippen LogP contribution in [0.2, 0.25) is 0 Å². The number of hydrogen-bond donors (Lipinski definition) is 0. The molecule has 0 aromatic heterocycles. The predicted molar refractivity (Wildman–Crippen MR) is 142 cm³/mol. The Bertz CT molecular complexity index is 1890. The summed E-state index contributed by atoms with van der Waals surface area (Å²) in [5, 5.41) is 1.59. The van der Waals surface area contributed by atoms with Gasteiger partial charge < -0.3 is 19.7 Å². The monoisotopic (exact) mass is 574 g/mol. The largest absolute Gasteiger partial charge is 0.744 e. The van der Waals surface area contributed by atoms with E-state index in [0.29, 0.717) is 33.9 Å². The van der Waals surface area contributed by atoms with Gasteiger partial charge in [-0.05, 0) is 49.6 Å². The fraction of sp³-hybridized carbons (Fsp3) is 0.296. The standard InChI is InChI=1S/C27H25FN2O6S2.H2O/c1-29-13-3-5-17-22(29)11-9-20-25(19-8-7-16(38(33,34)35)15-24(19)37(28,31)32)21-10-12-23-18(6-4-14-30(23)2)27(21)36-26(17)20;/h7-12,15H,3-6,13-14H2,1-2H3;1H2. The average Bonchev–Trinajstić information content (AvgIpc) is 2.86. The van der Waals surface area contributed by atoms with E-state index in [9.17, 15) is 25.3 Å². The smallest absolute Gasteiger partial charge is 0.332 e. The molecule has 3 aliphatic heterocycles. The maximum atomic E-state index is 14.7. The van der Waals surface area contributed by atoms with Gasteiger partial charge >= 0.3 is 10.2 Å². The van der Waals surface area contributed by atoms with Crippen LogP contribution in [0.15, 0.2) is 52.3 Å². The van der Waals surface area contributed by atoms with Gasteiger partial charge in [0.2, 0.25) is 5.36 Å². The van der Waals surface area contributed by atoms with Crippen molar-refractivity contribution in [1.82, 2.24) is 4.58 Å². The minimum absolute atomic E-state index is 0. The Morgan fingerprint density at radius 2 is 1.67 bits per heavy atom. The molecule has 9 nitrogen and oxygen atoms in total. The van der Waals surface area contributed by atoms with E-state index in [0.717, 1.165) is 67.0 Å². The zero-order valence-corrected chi connectivity index (χ0v) is 23.0. The Hall–Kier alpha value is -3.32. The van der Waals surface area contributed by atoms with Gasteiger partial charge in [0.25, 0.3) is 0 Å². The molecule has 6 rings (SSSR count). The van der Waals surface area contributed by atoms with Gasteiger partial charge in [-0.1, -0.05) is 6.07 Å². The van der Waals surface area contributed by atoms with Gasteiger partial charge in [-0.25, -0.2) is 13.0 Å². The molecular formula is C27H27FN2O7S2. The number of benzene rings is 3. The van der Waals surface area contributed by atoms with E-state index in [-0.39, 0.29) is 11.0 Å². The van der Waals surface area contributed by atoms with E-state index in [1.807, 2.05) is 38.4 Å². The lowest BCUT2D eigenvalue weighted by Gasteiger charge is -2.32. The molecule has 2 N–H and O–H groups in total. The molecule has 0 aliphatic carbocycles. The Labute approximate surface area is 225 Å². The highest BCUT2D eigenvalue weighted by molar-refractivity contribution is 7.87. The van der Waals surface area contributed by atoms with Crippen molar-refractivity contribution in [3.05, 3.63) is 75.3 Å². The maximum Gasteiger partial charge on any atom is 0.332 e. The lowest BCUT2D eigenvalue weighted by molar-refractivity contribution is 0.448.